The third-order valence-corrected chi connectivity index (χ3v) is 5.71. The lowest BCUT2D eigenvalue weighted by Gasteiger charge is -2.18. The predicted octanol–water partition coefficient (Wildman–Crippen LogP) is 2.23. The van der Waals surface area contributed by atoms with Gasteiger partial charge in [-0.25, -0.2) is 17.9 Å². The SMILES string of the molecule is COc1ccc(S(=O)(=O)N[C@H]2Cc3ccccc3[C@H]2N)cc1.O=C(O)C(F)(F)F. The lowest BCUT2D eigenvalue weighted by molar-refractivity contribution is -0.192. The van der Waals surface area contributed by atoms with Gasteiger partial charge in [-0.1, -0.05) is 24.3 Å². The number of nitrogens with one attached hydrogen (secondary N) is 1. The number of carbonyl (C=O) groups is 1. The van der Waals surface area contributed by atoms with E-state index in [1.54, 1.807) is 12.1 Å². The maximum absolute atomic E-state index is 12.5. The largest absolute Gasteiger partial charge is 0.497 e. The van der Waals surface area contributed by atoms with Crippen molar-refractivity contribution in [3.8, 4) is 5.75 Å². The van der Waals surface area contributed by atoms with E-state index in [0.29, 0.717) is 12.2 Å². The molecule has 0 radical (unpaired) electrons. The van der Waals surface area contributed by atoms with Gasteiger partial charge in [0.15, 0.2) is 0 Å². The van der Waals surface area contributed by atoms with Crippen LogP contribution in [0.25, 0.3) is 0 Å². The number of carboxylic acids is 1. The Morgan fingerprint density at radius 1 is 1.17 bits per heavy atom. The van der Waals surface area contributed by atoms with Crippen molar-refractivity contribution in [2.75, 3.05) is 7.11 Å². The Labute approximate surface area is 165 Å². The second kappa shape index (κ2) is 8.80. The number of aliphatic carboxylic acids is 1. The van der Waals surface area contributed by atoms with Gasteiger partial charge in [-0.15, -0.1) is 0 Å². The molecule has 0 fully saturated rings. The second-order valence-electron chi connectivity index (χ2n) is 6.13. The minimum absolute atomic E-state index is 0.205. The van der Waals surface area contributed by atoms with Crippen molar-refractivity contribution in [3.05, 3.63) is 59.7 Å². The molecule has 0 heterocycles. The maximum Gasteiger partial charge on any atom is 0.490 e. The standard InChI is InChI=1S/C16H18N2O3S.C2HF3O2/c1-21-12-6-8-13(9-7-12)22(19,20)18-15-10-11-4-2-3-5-14(11)16(15)17;3-2(4,5)1(6)7/h2-9,15-16,18H,10,17H2,1H3;(H,6,7)/t15-,16+;/m0./s1. The molecule has 158 valence electrons. The first-order chi connectivity index (χ1) is 13.5. The van der Waals surface area contributed by atoms with Gasteiger partial charge in [0.2, 0.25) is 10.0 Å². The minimum atomic E-state index is -5.08. The molecule has 2 aromatic rings. The van der Waals surface area contributed by atoms with Crippen molar-refractivity contribution < 1.29 is 36.2 Å². The fourth-order valence-electron chi connectivity index (χ4n) is 2.76. The van der Waals surface area contributed by atoms with Crippen LogP contribution in [0.1, 0.15) is 17.2 Å². The summed E-state index contributed by atoms with van der Waals surface area (Å²) >= 11 is 0. The first-order valence-electron chi connectivity index (χ1n) is 8.25. The average molecular weight is 432 g/mol. The summed E-state index contributed by atoms with van der Waals surface area (Å²) in [5.74, 6) is -2.14. The van der Waals surface area contributed by atoms with E-state index in [9.17, 15) is 21.6 Å². The van der Waals surface area contributed by atoms with Crippen LogP contribution in [0.5, 0.6) is 5.75 Å². The number of rotatable bonds is 4. The molecule has 0 saturated carbocycles. The lowest BCUT2D eigenvalue weighted by atomic mass is 10.1. The number of carboxylic acid groups (broad SMARTS) is 1. The van der Waals surface area contributed by atoms with Crippen molar-refractivity contribution in [2.24, 2.45) is 5.73 Å². The highest BCUT2D eigenvalue weighted by Gasteiger charge is 2.38. The van der Waals surface area contributed by atoms with E-state index in [0.717, 1.165) is 11.1 Å². The number of halogens is 3. The van der Waals surface area contributed by atoms with Crippen molar-refractivity contribution in [2.45, 2.75) is 29.6 Å². The molecule has 1 aliphatic rings. The fourth-order valence-corrected chi connectivity index (χ4v) is 4.02. The van der Waals surface area contributed by atoms with Gasteiger partial charge in [-0.3, -0.25) is 0 Å². The van der Waals surface area contributed by atoms with Crippen LogP contribution < -0.4 is 15.2 Å². The quantitative estimate of drug-likeness (QED) is 0.682. The Balaban J connectivity index is 0.000000370. The number of fused-ring (bicyclic) bond motifs is 1. The molecule has 0 amide bonds. The van der Waals surface area contributed by atoms with E-state index < -0.39 is 22.2 Å². The Kier molecular flexibility index (Phi) is 6.88. The van der Waals surface area contributed by atoms with Gasteiger partial charge in [-0.2, -0.15) is 13.2 Å². The van der Waals surface area contributed by atoms with Crippen molar-refractivity contribution in [1.29, 1.82) is 0 Å². The molecule has 0 spiro atoms. The molecule has 0 unspecified atom stereocenters. The Bertz CT molecular complexity index is 962. The number of hydrogen-bond donors (Lipinski definition) is 3. The topological polar surface area (TPSA) is 119 Å². The molecular formula is C18H19F3N2O5S. The van der Waals surface area contributed by atoms with Gasteiger partial charge in [-0.05, 0) is 41.8 Å². The molecule has 1 aliphatic carbocycles. The Hall–Kier alpha value is -2.63. The van der Waals surface area contributed by atoms with E-state index in [1.165, 1.54) is 19.2 Å². The minimum Gasteiger partial charge on any atom is -0.497 e. The number of alkyl halides is 3. The van der Waals surface area contributed by atoms with Crippen LogP contribution in [0.4, 0.5) is 13.2 Å². The molecule has 29 heavy (non-hydrogen) atoms. The number of methoxy groups -OCH3 is 1. The average Bonchev–Trinajstić information content (AvgIpc) is 2.97. The summed E-state index contributed by atoms with van der Waals surface area (Å²) in [7, 11) is -2.07. The number of ether oxygens (including phenoxy) is 1. The smallest absolute Gasteiger partial charge is 0.490 e. The molecule has 4 N–H and O–H groups in total. The highest BCUT2D eigenvalue weighted by atomic mass is 32.2. The van der Waals surface area contributed by atoms with E-state index in [-0.39, 0.29) is 17.0 Å². The summed E-state index contributed by atoms with van der Waals surface area (Å²) in [6, 6.07) is 13.4. The molecule has 2 atom stereocenters. The second-order valence-corrected chi connectivity index (χ2v) is 7.85. The molecule has 3 rings (SSSR count). The number of nitrogens with two attached hydrogens (primary N) is 1. The number of sulfonamides is 1. The zero-order valence-electron chi connectivity index (χ0n) is 15.2. The van der Waals surface area contributed by atoms with Crippen molar-refractivity contribution >= 4 is 16.0 Å². The first kappa shape index (κ1) is 22.7. The number of hydrogen-bond acceptors (Lipinski definition) is 5. The molecule has 7 nitrogen and oxygen atoms in total. The maximum atomic E-state index is 12.5. The van der Waals surface area contributed by atoms with E-state index in [2.05, 4.69) is 4.72 Å². The summed E-state index contributed by atoms with van der Waals surface area (Å²) in [4.78, 5) is 9.10. The third-order valence-electron chi connectivity index (χ3n) is 4.21. The first-order valence-corrected chi connectivity index (χ1v) is 9.74. The molecule has 2 aromatic carbocycles. The van der Waals surface area contributed by atoms with Crippen LogP contribution in [0.3, 0.4) is 0 Å². The Morgan fingerprint density at radius 3 is 2.21 bits per heavy atom. The van der Waals surface area contributed by atoms with Crippen LogP contribution in [-0.4, -0.2) is 38.8 Å². The molecule has 0 aromatic heterocycles. The van der Waals surface area contributed by atoms with E-state index in [1.807, 2.05) is 24.3 Å². The van der Waals surface area contributed by atoms with Crippen LogP contribution in [0.15, 0.2) is 53.4 Å². The zero-order valence-corrected chi connectivity index (χ0v) is 16.0. The molecular weight excluding hydrogens is 413 g/mol. The molecule has 0 bridgehead atoms. The van der Waals surface area contributed by atoms with Crippen molar-refractivity contribution in [3.63, 3.8) is 0 Å². The van der Waals surface area contributed by atoms with Gasteiger partial charge >= 0.3 is 12.1 Å². The molecule has 0 aliphatic heterocycles. The van der Waals surface area contributed by atoms with Gasteiger partial charge in [0, 0.05) is 12.1 Å². The van der Waals surface area contributed by atoms with Gasteiger partial charge in [0.1, 0.15) is 5.75 Å². The zero-order chi connectivity index (χ0) is 21.8. The summed E-state index contributed by atoms with van der Waals surface area (Å²) in [6.45, 7) is 0. The highest BCUT2D eigenvalue weighted by molar-refractivity contribution is 7.89. The van der Waals surface area contributed by atoms with Crippen LogP contribution in [0, 0.1) is 0 Å². The normalized spacial score (nSPS) is 18.4. The van der Waals surface area contributed by atoms with Crippen molar-refractivity contribution in [1.82, 2.24) is 4.72 Å². The van der Waals surface area contributed by atoms with E-state index in [4.69, 9.17) is 20.4 Å². The summed E-state index contributed by atoms with van der Waals surface area (Å²) < 4.78 is 64.4. The van der Waals surface area contributed by atoms with Gasteiger partial charge < -0.3 is 15.6 Å². The fraction of sp³-hybridized carbons (Fsp3) is 0.278. The molecule has 0 saturated heterocycles. The highest BCUT2D eigenvalue weighted by Crippen LogP contribution is 2.30. The summed E-state index contributed by atoms with van der Waals surface area (Å²) in [5.41, 5.74) is 8.27. The molecule has 11 heteroatoms. The third kappa shape index (κ3) is 5.68. The predicted molar refractivity (Wildman–Crippen MR) is 97.9 cm³/mol. The Morgan fingerprint density at radius 2 is 1.72 bits per heavy atom. The van der Waals surface area contributed by atoms with Gasteiger partial charge in [0.05, 0.1) is 12.0 Å². The lowest BCUT2D eigenvalue weighted by Crippen LogP contribution is -2.40. The van der Waals surface area contributed by atoms with Gasteiger partial charge in [0.25, 0.3) is 0 Å². The summed E-state index contributed by atoms with van der Waals surface area (Å²) in [5, 5.41) is 7.12. The van der Waals surface area contributed by atoms with E-state index >= 15 is 0 Å². The summed E-state index contributed by atoms with van der Waals surface area (Å²) in [6.07, 6.45) is -4.48. The van der Waals surface area contributed by atoms with Crippen LogP contribution >= 0.6 is 0 Å². The van der Waals surface area contributed by atoms with Crippen LogP contribution in [-0.2, 0) is 21.2 Å². The number of benzene rings is 2. The monoisotopic (exact) mass is 432 g/mol. The van der Waals surface area contributed by atoms with Crippen LogP contribution in [0.2, 0.25) is 0 Å².